The van der Waals surface area contributed by atoms with E-state index in [1.165, 1.54) is 18.2 Å². The number of hydrogen-bond donors (Lipinski definition) is 2. The summed E-state index contributed by atoms with van der Waals surface area (Å²) in [5.41, 5.74) is 3.45. The summed E-state index contributed by atoms with van der Waals surface area (Å²) < 4.78 is 4.80. The quantitative estimate of drug-likeness (QED) is 0.810. The first-order valence-electron chi connectivity index (χ1n) is 7.92. The fraction of sp³-hybridized carbons (Fsp3) is 0.556. The van der Waals surface area contributed by atoms with Crippen molar-refractivity contribution in [2.45, 2.75) is 46.7 Å². The van der Waals surface area contributed by atoms with E-state index in [0.29, 0.717) is 0 Å². The number of rotatable bonds is 7. The van der Waals surface area contributed by atoms with Gasteiger partial charge in [0.1, 0.15) is 12.6 Å². The zero-order valence-corrected chi connectivity index (χ0v) is 14.9. The van der Waals surface area contributed by atoms with Crippen molar-refractivity contribution in [1.29, 1.82) is 0 Å². The number of nitrogens with one attached hydrogen (secondary N) is 2. The van der Waals surface area contributed by atoms with E-state index in [2.05, 4.69) is 23.6 Å². The van der Waals surface area contributed by atoms with Crippen LogP contribution in [-0.4, -0.2) is 31.6 Å². The zero-order chi connectivity index (χ0) is 17.6. The van der Waals surface area contributed by atoms with Crippen molar-refractivity contribution in [3.05, 3.63) is 34.9 Å². The lowest BCUT2D eigenvalue weighted by Gasteiger charge is -2.25. The van der Waals surface area contributed by atoms with E-state index < -0.39 is 6.04 Å². The van der Waals surface area contributed by atoms with Crippen LogP contribution in [0.2, 0.25) is 0 Å². The van der Waals surface area contributed by atoms with Gasteiger partial charge in [-0.15, -0.1) is 0 Å². The number of carbonyl (C=O) groups excluding carboxylic acids is 2. The Hall–Kier alpha value is -1.88. The number of aryl methyl sites for hydroxylation is 1. The lowest BCUT2D eigenvalue weighted by molar-refractivity contribution is -0.132. The van der Waals surface area contributed by atoms with E-state index in [1.54, 1.807) is 0 Å². The fourth-order valence-corrected chi connectivity index (χ4v) is 2.50. The number of carbonyl (C=O) groups is 2. The molecule has 1 aromatic carbocycles. The average Bonchev–Trinajstić information content (AvgIpc) is 2.47. The first kappa shape index (κ1) is 19.2. The minimum Gasteiger partial charge on any atom is -0.375 e. The monoisotopic (exact) mass is 320 g/mol. The molecule has 0 bridgehead atoms. The molecule has 0 saturated carbocycles. The van der Waals surface area contributed by atoms with Crippen molar-refractivity contribution in [3.8, 4) is 0 Å². The van der Waals surface area contributed by atoms with Crippen LogP contribution in [0.3, 0.4) is 0 Å². The molecular formula is C18H28N2O3. The Bertz CT molecular complexity index is 555. The van der Waals surface area contributed by atoms with Crippen molar-refractivity contribution in [2.24, 2.45) is 5.92 Å². The Morgan fingerprint density at radius 3 is 2.35 bits per heavy atom. The molecule has 0 radical (unpaired) electrons. The molecule has 23 heavy (non-hydrogen) atoms. The molecule has 0 heterocycles. The average molecular weight is 320 g/mol. The van der Waals surface area contributed by atoms with Gasteiger partial charge in [0.25, 0.3) is 0 Å². The molecule has 1 rings (SSSR count). The van der Waals surface area contributed by atoms with E-state index in [-0.39, 0.29) is 30.4 Å². The van der Waals surface area contributed by atoms with Crippen molar-refractivity contribution < 1.29 is 14.3 Å². The van der Waals surface area contributed by atoms with Gasteiger partial charge in [-0.2, -0.15) is 0 Å². The van der Waals surface area contributed by atoms with Crippen LogP contribution < -0.4 is 10.6 Å². The molecule has 0 aliphatic heterocycles. The maximum absolute atomic E-state index is 12.5. The van der Waals surface area contributed by atoms with E-state index >= 15 is 0 Å². The summed E-state index contributed by atoms with van der Waals surface area (Å²) in [4.78, 5) is 24.2. The van der Waals surface area contributed by atoms with Crippen LogP contribution in [0.4, 0.5) is 0 Å². The van der Waals surface area contributed by atoms with Crippen molar-refractivity contribution in [2.75, 3.05) is 13.7 Å². The number of amides is 2. The Labute approximate surface area is 138 Å². The topological polar surface area (TPSA) is 67.4 Å². The molecule has 0 aliphatic rings. The van der Waals surface area contributed by atoms with Crippen molar-refractivity contribution >= 4 is 11.8 Å². The first-order chi connectivity index (χ1) is 10.8. The molecule has 5 nitrogen and oxygen atoms in total. The summed E-state index contributed by atoms with van der Waals surface area (Å²) in [6, 6.07) is 5.35. The van der Waals surface area contributed by atoms with Crippen LogP contribution >= 0.6 is 0 Å². The highest BCUT2D eigenvalue weighted by atomic mass is 16.5. The predicted molar refractivity (Wildman–Crippen MR) is 91.1 cm³/mol. The molecule has 2 N–H and O–H groups in total. The Morgan fingerprint density at radius 2 is 1.78 bits per heavy atom. The lowest BCUT2D eigenvalue weighted by Crippen LogP contribution is -2.51. The largest absolute Gasteiger partial charge is 0.375 e. The van der Waals surface area contributed by atoms with Gasteiger partial charge >= 0.3 is 0 Å². The molecule has 0 aliphatic carbocycles. The molecule has 1 aromatic rings. The maximum Gasteiger partial charge on any atom is 0.246 e. The third kappa shape index (κ3) is 5.36. The van der Waals surface area contributed by atoms with Gasteiger partial charge in [-0.05, 0) is 43.4 Å². The van der Waals surface area contributed by atoms with Gasteiger partial charge in [0, 0.05) is 7.11 Å². The summed E-state index contributed by atoms with van der Waals surface area (Å²) >= 11 is 0. The number of benzene rings is 1. The van der Waals surface area contributed by atoms with E-state index in [1.807, 2.05) is 39.8 Å². The molecule has 5 heteroatoms. The van der Waals surface area contributed by atoms with Crippen LogP contribution in [0.25, 0.3) is 0 Å². The molecule has 1 unspecified atom stereocenters. The van der Waals surface area contributed by atoms with Gasteiger partial charge in [-0.1, -0.05) is 32.0 Å². The zero-order valence-electron chi connectivity index (χ0n) is 14.9. The summed E-state index contributed by atoms with van der Waals surface area (Å²) in [7, 11) is 1.45. The SMILES string of the molecule is COCC(=O)N[C@H](C(=O)NC(C)c1cccc(C)c1C)C(C)C. The molecular weight excluding hydrogens is 292 g/mol. The molecule has 0 fully saturated rings. The highest BCUT2D eigenvalue weighted by Crippen LogP contribution is 2.20. The smallest absolute Gasteiger partial charge is 0.246 e. The van der Waals surface area contributed by atoms with Gasteiger partial charge in [0.15, 0.2) is 0 Å². The molecule has 2 atom stereocenters. The third-order valence-electron chi connectivity index (χ3n) is 4.01. The minimum absolute atomic E-state index is 0.0124. The van der Waals surface area contributed by atoms with Crippen LogP contribution in [0.1, 0.15) is 43.5 Å². The number of ether oxygens (including phenoxy) is 1. The van der Waals surface area contributed by atoms with Crippen LogP contribution in [-0.2, 0) is 14.3 Å². The predicted octanol–water partition coefficient (Wildman–Crippen LogP) is 2.27. The Morgan fingerprint density at radius 1 is 1.13 bits per heavy atom. The second kappa shape index (κ2) is 8.67. The molecule has 2 amide bonds. The Balaban J connectivity index is 2.81. The standard InChI is InChI=1S/C18H28N2O3/c1-11(2)17(20-16(21)10-23-6)18(22)19-14(5)15-9-7-8-12(3)13(15)4/h7-9,11,14,17H,10H2,1-6H3,(H,19,22)(H,20,21)/t14?,17-/m0/s1. The molecule has 0 spiro atoms. The molecule has 128 valence electrons. The molecule has 0 aromatic heterocycles. The van der Waals surface area contributed by atoms with Crippen LogP contribution in [0.15, 0.2) is 18.2 Å². The van der Waals surface area contributed by atoms with E-state index in [0.717, 1.165) is 5.56 Å². The van der Waals surface area contributed by atoms with Crippen LogP contribution in [0.5, 0.6) is 0 Å². The van der Waals surface area contributed by atoms with Crippen molar-refractivity contribution in [1.82, 2.24) is 10.6 Å². The summed E-state index contributed by atoms with van der Waals surface area (Å²) in [6.07, 6.45) is 0. The highest BCUT2D eigenvalue weighted by Gasteiger charge is 2.25. The second-order valence-electron chi connectivity index (χ2n) is 6.24. The summed E-state index contributed by atoms with van der Waals surface area (Å²) in [5, 5.41) is 5.72. The van der Waals surface area contributed by atoms with Gasteiger partial charge in [0.05, 0.1) is 6.04 Å². The van der Waals surface area contributed by atoms with Crippen LogP contribution in [0, 0.1) is 19.8 Å². The van der Waals surface area contributed by atoms with Crippen molar-refractivity contribution in [3.63, 3.8) is 0 Å². The highest BCUT2D eigenvalue weighted by molar-refractivity contribution is 5.88. The maximum atomic E-state index is 12.5. The molecule has 0 saturated heterocycles. The lowest BCUT2D eigenvalue weighted by atomic mass is 9.97. The third-order valence-corrected chi connectivity index (χ3v) is 4.01. The minimum atomic E-state index is -0.579. The Kier molecular flexibility index (Phi) is 7.23. The first-order valence-corrected chi connectivity index (χ1v) is 7.92. The van der Waals surface area contributed by atoms with Gasteiger partial charge in [-0.25, -0.2) is 0 Å². The fourth-order valence-electron chi connectivity index (χ4n) is 2.50. The van der Waals surface area contributed by atoms with Gasteiger partial charge in [0.2, 0.25) is 11.8 Å². The summed E-state index contributed by atoms with van der Waals surface area (Å²) in [5.74, 6) is -0.486. The second-order valence-corrected chi connectivity index (χ2v) is 6.24. The number of hydrogen-bond acceptors (Lipinski definition) is 3. The normalized spacial score (nSPS) is 13.5. The van der Waals surface area contributed by atoms with E-state index in [4.69, 9.17) is 4.74 Å². The van der Waals surface area contributed by atoms with E-state index in [9.17, 15) is 9.59 Å². The number of methoxy groups -OCH3 is 1. The summed E-state index contributed by atoms with van der Waals surface area (Å²) in [6.45, 7) is 9.81. The van der Waals surface area contributed by atoms with Gasteiger partial charge < -0.3 is 15.4 Å². The van der Waals surface area contributed by atoms with Gasteiger partial charge in [-0.3, -0.25) is 9.59 Å².